The van der Waals surface area contributed by atoms with Gasteiger partial charge in [-0.1, -0.05) is 18.6 Å². The van der Waals surface area contributed by atoms with E-state index < -0.39 is 6.09 Å². The topological polar surface area (TPSA) is 95.9 Å². The number of nitrogens with zero attached hydrogens (tertiary/aromatic N) is 4. The SMILES string of the molecule is Cc1cccc2nc(-c3cnn(CCCCCCOC(N)=O)c3)cnc12. The number of aryl methyl sites for hydroxylation is 2. The van der Waals surface area contributed by atoms with Crippen molar-refractivity contribution >= 4 is 17.1 Å². The number of hydrogen-bond acceptors (Lipinski definition) is 5. The number of hydrogen-bond donors (Lipinski definition) is 1. The summed E-state index contributed by atoms with van der Waals surface area (Å²) in [4.78, 5) is 19.7. The molecule has 0 bridgehead atoms. The average Bonchev–Trinajstić information content (AvgIpc) is 3.09. The maximum atomic E-state index is 10.5. The number of benzene rings is 1. The Morgan fingerprint density at radius 3 is 2.88 bits per heavy atom. The molecule has 0 spiro atoms. The number of aromatic nitrogens is 4. The lowest BCUT2D eigenvalue weighted by Crippen LogP contribution is -2.13. The minimum atomic E-state index is -0.707. The summed E-state index contributed by atoms with van der Waals surface area (Å²) < 4.78 is 6.63. The summed E-state index contributed by atoms with van der Waals surface area (Å²) in [7, 11) is 0. The molecule has 0 aliphatic carbocycles. The number of carbonyl (C=O) groups excluding carboxylic acids is 1. The Balaban J connectivity index is 1.52. The van der Waals surface area contributed by atoms with Gasteiger partial charge in [0.05, 0.1) is 35.7 Å². The van der Waals surface area contributed by atoms with Crippen LogP contribution in [0.15, 0.2) is 36.8 Å². The van der Waals surface area contributed by atoms with E-state index in [0.29, 0.717) is 6.61 Å². The highest BCUT2D eigenvalue weighted by Gasteiger charge is 2.07. The fraction of sp³-hybridized carbons (Fsp3) is 0.368. The number of unbranched alkanes of at least 4 members (excludes halogenated alkanes) is 3. The molecule has 7 heteroatoms. The van der Waals surface area contributed by atoms with Crippen LogP contribution in [0.1, 0.15) is 31.2 Å². The summed E-state index contributed by atoms with van der Waals surface area (Å²) in [6.07, 6.45) is 8.81. The highest BCUT2D eigenvalue weighted by Crippen LogP contribution is 2.20. The molecule has 1 aromatic carbocycles. The Morgan fingerprint density at radius 1 is 1.19 bits per heavy atom. The third-order valence-electron chi connectivity index (χ3n) is 4.23. The second-order valence-electron chi connectivity index (χ2n) is 6.27. The van der Waals surface area contributed by atoms with Gasteiger partial charge in [-0.15, -0.1) is 0 Å². The first-order valence-corrected chi connectivity index (χ1v) is 8.81. The van der Waals surface area contributed by atoms with E-state index in [1.54, 1.807) is 6.20 Å². The molecule has 0 atom stereocenters. The lowest BCUT2D eigenvalue weighted by molar-refractivity contribution is 0.154. The number of nitrogens with two attached hydrogens (primary N) is 1. The van der Waals surface area contributed by atoms with Crippen LogP contribution in [0.2, 0.25) is 0 Å². The minimum absolute atomic E-state index is 0.390. The van der Waals surface area contributed by atoms with Crippen LogP contribution in [0.4, 0.5) is 4.79 Å². The van der Waals surface area contributed by atoms with Gasteiger partial charge in [0.25, 0.3) is 0 Å². The maximum Gasteiger partial charge on any atom is 0.404 e. The Labute approximate surface area is 152 Å². The minimum Gasteiger partial charge on any atom is -0.450 e. The first-order valence-electron chi connectivity index (χ1n) is 8.81. The van der Waals surface area contributed by atoms with Crippen molar-refractivity contribution in [1.82, 2.24) is 19.7 Å². The molecule has 0 aliphatic heterocycles. The summed E-state index contributed by atoms with van der Waals surface area (Å²) in [5.41, 5.74) is 9.67. The van der Waals surface area contributed by atoms with E-state index in [1.165, 1.54) is 0 Å². The molecular formula is C19H23N5O2. The second-order valence-corrected chi connectivity index (χ2v) is 6.27. The largest absolute Gasteiger partial charge is 0.450 e. The van der Waals surface area contributed by atoms with Gasteiger partial charge in [0.15, 0.2) is 0 Å². The number of para-hydroxylation sites is 1. The fourth-order valence-electron chi connectivity index (χ4n) is 2.85. The molecule has 2 N–H and O–H groups in total. The number of ether oxygens (including phenoxy) is 1. The van der Waals surface area contributed by atoms with Gasteiger partial charge >= 0.3 is 6.09 Å². The van der Waals surface area contributed by atoms with Crippen LogP contribution in [0, 0.1) is 6.92 Å². The van der Waals surface area contributed by atoms with Crippen LogP contribution < -0.4 is 5.73 Å². The van der Waals surface area contributed by atoms with Crippen LogP contribution in [-0.4, -0.2) is 32.4 Å². The molecule has 7 nitrogen and oxygen atoms in total. The Bertz CT molecular complexity index is 891. The number of fused-ring (bicyclic) bond motifs is 1. The van der Waals surface area contributed by atoms with E-state index >= 15 is 0 Å². The first kappa shape index (κ1) is 17.8. The molecule has 0 aliphatic rings. The van der Waals surface area contributed by atoms with Crippen LogP contribution in [0.25, 0.3) is 22.3 Å². The molecular weight excluding hydrogens is 330 g/mol. The van der Waals surface area contributed by atoms with Gasteiger partial charge in [-0.2, -0.15) is 5.10 Å². The molecule has 26 heavy (non-hydrogen) atoms. The lowest BCUT2D eigenvalue weighted by Gasteiger charge is -2.03. The van der Waals surface area contributed by atoms with Crippen molar-refractivity contribution in [3.05, 3.63) is 42.4 Å². The van der Waals surface area contributed by atoms with Crippen LogP contribution in [-0.2, 0) is 11.3 Å². The van der Waals surface area contributed by atoms with Crippen molar-refractivity contribution in [3.8, 4) is 11.3 Å². The van der Waals surface area contributed by atoms with Crippen LogP contribution >= 0.6 is 0 Å². The van der Waals surface area contributed by atoms with E-state index in [4.69, 9.17) is 15.5 Å². The zero-order valence-electron chi connectivity index (χ0n) is 14.9. The zero-order chi connectivity index (χ0) is 18.4. The number of carbonyl (C=O) groups is 1. The molecule has 1 amide bonds. The Hall–Kier alpha value is -2.96. The van der Waals surface area contributed by atoms with Crippen LogP contribution in [0.3, 0.4) is 0 Å². The maximum absolute atomic E-state index is 10.5. The van der Waals surface area contributed by atoms with E-state index in [2.05, 4.69) is 10.1 Å². The zero-order valence-corrected chi connectivity index (χ0v) is 14.9. The number of primary amides is 1. The van der Waals surface area contributed by atoms with E-state index in [-0.39, 0.29) is 0 Å². The molecule has 2 heterocycles. The molecule has 0 fully saturated rings. The third kappa shape index (κ3) is 4.56. The van der Waals surface area contributed by atoms with Gasteiger partial charge in [0.2, 0.25) is 0 Å². The Kier molecular flexibility index (Phi) is 5.78. The molecule has 3 aromatic rings. The highest BCUT2D eigenvalue weighted by atomic mass is 16.5. The summed E-state index contributed by atoms with van der Waals surface area (Å²) in [5.74, 6) is 0. The monoisotopic (exact) mass is 353 g/mol. The molecule has 3 rings (SSSR count). The summed E-state index contributed by atoms with van der Waals surface area (Å²) in [5, 5.41) is 4.41. The van der Waals surface area contributed by atoms with Gasteiger partial charge in [-0.25, -0.2) is 9.78 Å². The lowest BCUT2D eigenvalue weighted by atomic mass is 10.2. The van der Waals surface area contributed by atoms with Crippen molar-refractivity contribution in [2.24, 2.45) is 5.73 Å². The first-order chi connectivity index (χ1) is 12.6. The average molecular weight is 353 g/mol. The van der Waals surface area contributed by atoms with Gasteiger partial charge in [-0.3, -0.25) is 9.67 Å². The molecule has 0 saturated heterocycles. The van der Waals surface area contributed by atoms with Gasteiger partial charge in [-0.05, 0) is 37.8 Å². The smallest absolute Gasteiger partial charge is 0.404 e. The summed E-state index contributed by atoms with van der Waals surface area (Å²) >= 11 is 0. The van der Waals surface area contributed by atoms with Crippen LogP contribution in [0.5, 0.6) is 0 Å². The normalized spacial score (nSPS) is 11.0. The second kappa shape index (κ2) is 8.42. The number of amides is 1. The number of rotatable bonds is 8. The highest BCUT2D eigenvalue weighted by molar-refractivity contribution is 5.79. The molecule has 0 radical (unpaired) electrons. The van der Waals surface area contributed by atoms with Crippen molar-refractivity contribution in [2.45, 2.75) is 39.2 Å². The van der Waals surface area contributed by atoms with E-state index in [9.17, 15) is 4.79 Å². The summed E-state index contributed by atoms with van der Waals surface area (Å²) in [6.45, 7) is 3.27. The molecule has 2 aromatic heterocycles. The quantitative estimate of drug-likeness (QED) is 0.626. The standard InChI is InChI=1S/C19H23N5O2/c1-14-7-6-8-16-18(14)21-12-17(23-16)15-11-22-24(13-15)9-4-2-3-5-10-26-19(20)25/h6-8,11-13H,2-5,9-10H2,1H3,(H2,20,25). The third-order valence-corrected chi connectivity index (χ3v) is 4.23. The molecule has 0 unspecified atom stereocenters. The van der Waals surface area contributed by atoms with E-state index in [1.807, 2.05) is 42.2 Å². The van der Waals surface area contributed by atoms with Crippen molar-refractivity contribution in [2.75, 3.05) is 6.61 Å². The van der Waals surface area contributed by atoms with Gasteiger partial charge in [0, 0.05) is 18.3 Å². The molecule has 0 saturated carbocycles. The van der Waals surface area contributed by atoms with Crippen molar-refractivity contribution in [3.63, 3.8) is 0 Å². The predicted molar refractivity (Wildman–Crippen MR) is 99.5 cm³/mol. The summed E-state index contributed by atoms with van der Waals surface area (Å²) in [6, 6.07) is 6.01. The Morgan fingerprint density at radius 2 is 2.04 bits per heavy atom. The molecule has 136 valence electrons. The van der Waals surface area contributed by atoms with Gasteiger partial charge < -0.3 is 10.5 Å². The fourth-order valence-corrected chi connectivity index (χ4v) is 2.85. The van der Waals surface area contributed by atoms with E-state index in [0.717, 1.165) is 60.1 Å². The van der Waals surface area contributed by atoms with Crippen molar-refractivity contribution in [1.29, 1.82) is 0 Å². The van der Waals surface area contributed by atoms with Crippen molar-refractivity contribution < 1.29 is 9.53 Å². The predicted octanol–water partition coefficient (Wildman–Crippen LogP) is 3.46. The van der Waals surface area contributed by atoms with Gasteiger partial charge in [0.1, 0.15) is 0 Å².